The Morgan fingerprint density at radius 3 is 1.79 bits per heavy atom. The molecule has 0 atom stereocenters. The summed E-state index contributed by atoms with van der Waals surface area (Å²) in [6.45, 7) is 2.00. The summed E-state index contributed by atoms with van der Waals surface area (Å²) in [7, 11) is -2.51. The molecule has 0 unspecified atom stereocenters. The Hall–Kier alpha value is -1.59. The minimum atomic E-state index is -2.51. The Morgan fingerprint density at radius 2 is 1.37 bits per heavy atom. The molecule has 2 aromatic carbocycles. The molecule has 0 fully saturated rings. The number of allylic oxidation sites excluding steroid dienone is 2. The smallest absolute Gasteiger partial charge is 0.143 e. The highest BCUT2D eigenvalue weighted by molar-refractivity contribution is 7.78. The van der Waals surface area contributed by atoms with E-state index in [0.29, 0.717) is 6.16 Å². The fourth-order valence-electron chi connectivity index (χ4n) is 2.17. The molecule has 2 rings (SSSR count). The number of benzene rings is 2. The second-order valence-electron chi connectivity index (χ2n) is 4.49. The van der Waals surface area contributed by atoms with Crippen molar-refractivity contribution < 1.29 is 4.57 Å². The van der Waals surface area contributed by atoms with Crippen LogP contribution in [0.5, 0.6) is 0 Å². The van der Waals surface area contributed by atoms with Gasteiger partial charge in [-0.05, 0) is 13.3 Å². The van der Waals surface area contributed by atoms with Crippen LogP contribution in [0.4, 0.5) is 0 Å². The maximum Gasteiger partial charge on any atom is 0.143 e. The van der Waals surface area contributed by atoms with Gasteiger partial charge >= 0.3 is 0 Å². The average Bonchev–Trinajstić information content (AvgIpc) is 2.49. The molecule has 0 amide bonds. The largest absolute Gasteiger partial charge is 0.314 e. The molecule has 0 aliphatic rings. The molecule has 2 aromatic rings. The minimum Gasteiger partial charge on any atom is -0.314 e. The van der Waals surface area contributed by atoms with Crippen molar-refractivity contribution in [2.24, 2.45) is 0 Å². The van der Waals surface area contributed by atoms with E-state index in [2.05, 4.69) is 6.08 Å². The molecule has 0 aliphatic heterocycles. The van der Waals surface area contributed by atoms with Gasteiger partial charge in [0.2, 0.25) is 0 Å². The van der Waals surface area contributed by atoms with E-state index in [0.717, 1.165) is 17.0 Å². The summed E-state index contributed by atoms with van der Waals surface area (Å²) < 4.78 is 13.5. The summed E-state index contributed by atoms with van der Waals surface area (Å²) in [6.07, 6.45) is 5.63. The Balaban J connectivity index is 2.42. The van der Waals surface area contributed by atoms with Crippen molar-refractivity contribution in [3.63, 3.8) is 0 Å². The summed E-state index contributed by atoms with van der Waals surface area (Å²) in [4.78, 5) is 0. The predicted octanol–water partition coefficient (Wildman–Crippen LogP) is 3.97. The molecular weight excluding hydrogens is 251 g/mol. The first-order valence-corrected chi connectivity index (χ1v) is 8.48. The first kappa shape index (κ1) is 13.8. The first-order chi connectivity index (χ1) is 9.27. The van der Waals surface area contributed by atoms with E-state index in [4.69, 9.17) is 0 Å². The highest BCUT2D eigenvalue weighted by atomic mass is 31.2. The van der Waals surface area contributed by atoms with Crippen LogP contribution in [-0.2, 0) is 4.57 Å². The number of rotatable bonds is 5. The van der Waals surface area contributed by atoms with Gasteiger partial charge in [0.15, 0.2) is 0 Å². The van der Waals surface area contributed by atoms with E-state index in [1.807, 2.05) is 73.7 Å². The lowest BCUT2D eigenvalue weighted by atomic mass is 10.4. The Labute approximate surface area is 115 Å². The van der Waals surface area contributed by atoms with Crippen LogP contribution in [0.1, 0.15) is 13.3 Å². The standard InChI is InChI=1S/C17H19OP/c1-2-3-10-15-19(18,16-11-6-4-7-12-16)17-13-8-5-9-14-17/h2-9,11-14H,10,15H2,1H3/b3-2+. The second kappa shape index (κ2) is 6.54. The Kier molecular flexibility index (Phi) is 4.76. The van der Waals surface area contributed by atoms with E-state index in [1.54, 1.807) is 0 Å². The lowest BCUT2D eigenvalue weighted by Crippen LogP contribution is -2.18. The quantitative estimate of drug-likeness (QED) is 0.593. The molecular formula is C17H19OP. The van der Waals surface area contributed by atoms with Crippen molar-refractivity contribution in [1.82, 2.24) is 0 Å². The van der Waals surface area contributed by atoms with Crippen LogP contribution in [0, 0.1) is 0 Å². The van der Waals surface area contributed by atoms with Gasteiger partial charge < -0.3 is 4.57 Å². The van der Waals surface area contributed by atoms with Crippen molar-refractivity contribution in [2.45, 2.75) is 13.3 Å². The maximum absolute atomic E-state index is 13.5. The van der Waals surface area contributed by atoms with Gasteiger partial charge in [-0.2, -0.15) is 0 Å². The van der Waals surface area contributed by atoms with Crippen molar-refractivity contribution in [3.8, 4) is 0 Å². The molecule has 0 radical (unpaired) electrons. The molecule has 0 aliphatic carbocycles. The highest BCUT2D eigenvalue weighted by Crippen LogP contribution is 2.43. The molecule has 1 nitrogen and oxygen atoms in total. The fourth-order valence-corrected chi connectivity index (χ4v) is 4.80. The predicted molar refractivity (Wildman–Crippen MR) is 84.1 cm³/mol. The van der Waals surface area contributed by atoms with Crippen molar-refractivity contribution >= 4 is 17.8 Å². The molecule has 0 saturated carbocycles. The van der Waals surface area contributed by atoms with Gasteiger partial charge in [0, 0.05) is 16.8 Å². The number of hydrogen-bond acceptors (Lipinski definition) is 1. The molecule has 98 valence electrons. The van der Waals surface area contributed by atoms with E-state index in [9.17, 15) is 4.57 Å². The van der Waals surface area contributed by atoms with Gasteiger partial charge in [-0.15, -0.1) is 0 Å². The van der Waals surface area contributed by atoms with Gasteiger partial charge in [-0.25, -0.2) is 0 Å². The SMILES string of the molecule is C/C=C/CCP(=O)(c1ccccc1)c1ccccc1. The molecule has 0 saturated heterocycles. The van der Waals surface area contributed by atoms with Crippen LogP contribution >= 0.6 is 7.14 Å². The summed E-state index contributed by atoms with van der Waals surface area (Å²) in [5.74, 6) is 0. The van der Waals surface area contributed by atoms with Gasteiger partial charge in [0.1, 0.15) is 7.14 Å². The molecule has 19 heavy (non-hydrogen) atoms. The summed E-state index contributed by atoms with van der Waals surface area (Å²) in [5, 5.41) is 1.90. The summed E-state index contributed by atoms with van der Waals surface area (Å²) >= 11 is 0. The van der Waals surface area contributed by atoms with E-state index in [1.165, 1.54) is 0 Å². The lowest BCUT2D eigenvalue weighted by Gasteiger charge is -2.18. The van der Waals surface area contributed by atoms with Crippen LogP contribution in [-0.4, -0.2) is 6.16 Å². The third-order valence-corrected chi connectivity index (χ3v) is 6.35. The summed E-state index contributed by atoms with van der Waals surface area (Å²) in [5.41, 5.74) is 0. The summed E-state index contributed by atoms with van der Waals surface area (Å²) in [6, 6.07) is 19.7. The third kappa shape index (κ3) is 3.24. The van der Waals surface area contributed by atoms with Crippen molar-refractivity contribution in [1.29, 1.82) is 0 Å². The molecule has 0 spiro atoms. The molecule has 0 N–H and O–H groups in total. The third-order valence-electron chi connectivity index (χ3n) is 3.19. The fraction of sp³-hybridized carbons (Fsp3) is 0.176. The minimum absolute atomic E-state index is 0.686. The zero-order valence-corrected chi connectivity index (χ0v) is 12.1. The maximum atomic E-state index is 13.5. The Morgan fingerprint density at radius 1 is 0.895 bits per heavy atom. The van der Waals surface area contributed by atoms with Crippen molar-refractivity contribution in [2.75, 3.05) is 6.16 Å². The van der Waals surface area contributed by atoms with Crippen LogP contribution in [0.2, 0.25) is 0 Å². The molecule has 0 bridgehead atoms. The first-order valence-electron chi connectivity index (χ1n) is 6.59. The van der Waals surface area contributed by atoms with Gasteiger partial charge in [-0.1, -0.05) is 72.8 Å². The zero-order chi connectivity index (χ0) is 13.6. The second-order valence-corrected chi connectivity index (χ2v) is 7.45. The topological polar surface area (TPSA) is 17.1 Å². The van der Waals surface area contributed by atoms with E-state index in [-0.39, 0.29) is 0 Å². The molecule has 2 heteroatoms. The highest BCUT2D eigenvalue weighted by Gasteiger charge is 2.25. The van der Waals surface area contributed by atoms with Gasteiger partial charge in [0.25, 0.3) is 0 Å². The zero-order valence-electron chi connectivity index (χ0n) is 11.2. The molecule has 0 aromatic heterocycles. The molecule has 0 heterocycles. The van der Waals surface area contributed by atoms with Crippen LogP contribution in [0.25, 0.3) is 0 Å². The Bertz CT molecular complexity index is 529. The van der Waals surface area contributed by atoms with Crippen molar-refractivity contribution in [3.05, 3.63) is 72.8 Å². The van der Waals surface area contributed by atoms with Gasteiger partial charge in [0.05, 0.1) is 0 Å². The van der Waals surface area contributed by atoms with Crippen LogP contribution in [0.3, 0.4) is 0 Å². The van der Waals surface area contributed by atoms with E-state index < -0.39 is 7.14 Å². The number of hydrogen-bond donors (Lipinski definition) is 0. The van der Waals surface area contributed by atoms with Crippen LogP contribution in [0.15, 0.2) is 72.8 Å². The van der Waals surface area contributed by atoms with E-state index >= 15 is 0 Å². The lowest BCUT2D eigenvalue weighted by molar-refractivity contribution is 0.587. The van der Waals surface area contributed by atoms with Crippen LogP contribution < -0.4 is 10.6 Å². The average molecular weight is 270 g/mol. The monoisotopic (exact) mass is 270 g/mol. The normalized spacial score (nSPS) is 11.8. The van der Waals surface area contributed by atoms with Gasteiger partial charge in [-0.3, -0.25) is 0 Å².